The van der Waals surface area contributed by atoms with Crippen molar-refractivity contribution in [3.8, 4) is 0 Å². The molecule has 3 rings (SSSR count). The molecule has 0 N–H and O–H groups in total. The summed E-state index contributed by atoms with van der Waals surface area (Å²) in [5, 5.41) is 0. The molecule has 1 aliphatic heterocycles. The van der Waals surface area contributed by atoms with E-state index in [4.69, 9.17) is 4.42 Å². The maximum absolute atomic E-state index is 12.7. The van der Waals surface area contributed by atoms with Crippen LogP contribution >= 0.6 is 0 Å². The van der Waals surface area contributed by atoms with E-state index in [9.17, 15) is 14.4 Å². The molecule has 1 aromatic rings. The smallest absolute Gasteiger partial charge is 0.245 e. The lowest BCUT2D eigenvalue weighted by atomic mass is 9.85. The fraction of sp³-hybridized carbons (Fsp3) is 0.500. The molecule has 6 heteroatoms. The van der Waals surface area contributed by atoms with Crippen LogP contribution in [0.3, 0.4) is 0 Å². The number of fused-ring (bicyclic) bond motifs is 1. The predicted molar refractivity (Wildman–Crippen MR) is 86.6 cm³/mol. The van der Waals surface area contributed by atoms with Gasteiger partial charge in [0.1, 0.15) is 17.6 Å². The highest BCUT2D eigenvalue weighted by atomic mass is 16.3. The number of carbonyl (C=O) groups excluding carboxylic acids is 3. The van der Waals surface area contributed by atoms with Crippen LogP contribution in [0.5, 0.6) is 0 Å². The number of furan rings is 1. The monoisotopic (exact) mass is 330 g/mol. The lowest BCUT2D eigenvalue weighted by molar-refractivity contribution is -0.150. The van der Waals surface area contributed by atoms with Gasteiger partial charge in [0.2, 0.25) is 17.7 Å². The van der Waals surface area contributed by atoms with Gasteiger partial charge in [-0.05, 0) is 38.8 Å². The molecule has 1 fully saturated rings. The summed E-state index contributed by atoms with van der Waals surface area (Å²) in [6.07, 6.45) is 5.03. The van der Waals surface area contributed by atoms with E-state index in [-0.39, 0.29) is 29.6 Å². The molecule has 3 atom stereocenters. The third-order valence-electron chi connectivity index (χ3n) is 4.85. The second-order valence-electron chi connectivity index (χ2n) is 6.58. The fourth-order valence-corrected chi connectivity index (χ4v) is 3.52. The molecule has 6 nitrogen and oxygen atoms in total. The van der Waals surface area contributed by atoms with Crippen molar-refractivity contribution in [3.63, 3.8) is 0 Å². The van der Waals surface area contributed by atoms with Gasteiger partial charge < -0.3 is 9.32 Å². The Balaban J connectivity index is 1.71. The summed E-state index contributed by atoms with van der Waals surface area (Å²) in [6, 6.07) is 2.86. The second kappa shape index (κ2) is 6.26. The SMILES string of the molecule is Cc1ccc(CN(C)C(=O)[C@H](C)N2C(=O)[C@H]3CC=CC[C@H]3C2=O)o1. The predicted octanol–water partition coefficient (Wildman–Crippen LogP) is 1.89. The molecular formula is C18H22N2O4. The van der Waals surface area contributed by atoms with Crippen LogP contribution < -0.4 is 0 Å². The van der Waals surface area contributed by atoms with E-state index in [1.54, 1.807) is 14.0 Å². The minimum atomic E-state index is -0.795. The minimum absolute atomic E-state index is 0.225. The summed E-state index contributed by atoms with van der Waals surface area (Å²) in [7, 11) is 1.65. The average Bonchev–Trinajstić information content (AvgIpc) is 3.08. The zero-order valence-corrected chi connectivity index (χ0v) is 14.2. The quantitative estimate of drug-likeness (QED) is 0.624. The van der Waals surface area contributed by atoms with Crippen LogP contribution in [0, 0.1) is 18.8 Å². The third-order valence-corrected chi connectivity index (χ3v) is 4.85. The fourth-order valence-electron chi connectivity index (χ4n) is 3.52. The molecule has 2 aliphatic rings. The molecule has 1 saturated heterocycles. The van der Waals surface area contributed by atoms with Crippen molar-refractivity contribution >= 4 is 17.7 Å². The van der Waals surface area contributed by atoms with Crippen LogP contribution in [0.1, 0.15) is 31.3 Å². The van der Waals surface area contributed by atoms with Crippen LogP contribution in [0.4, 0.5) is 0 Å². The van der Waals surface area contributed by atoms with Gasteiger partial charge in [0.05, 0.1) is 18.4 Å². The van der Waals surface area contributed by atoms with Crippen LogP contribution in [0.15, 0.2) is 28.7 Å². The van der Waals surface area contributed by atoms with E-state index in [1.165, 1.54) is 4.90 Å². The largest absolute Gasteiger partial charge is 0.464 e. The van der Waals surface area contributed by atoms with Crippen molar-refractivity contribution in [2.24, 2.45) is 11.8 Å². The van der Waals surface area contributed by atoms with Crippen molar-refractivity contribution in [2.75, 3.05) is 7.05 Å². The zero-order chi connectivity index (χ0) is 17.4. The van der Waals surface area contributed by atoms with Crippen molar-refractivity contribution in [3.05, 3.63) is 35.8 Å². The molecule has 0 bridgehead atoms. The Morgan fingerprint density at radius 3 is 2.33 bits per heavy atom. The molecule has 1 aromatic heterocycles. The van der Waals surface area contributed by atoms with Crippen molar-refractivity contribution < 1.29 is 18.8 Å². The Bertz CT molecular complexity index is 680. The Kier molecular flexibility index (Phi) is 4.30. The molecular weight excluding hydrogens is 308 g/mol. The number of amides is 3. The van der Waals surface area contributed by atoms with Gasteiger partial charge in [0.25, 0.3) is 0 Å². The first-order chi connectivity index (χ1) is 11.4. The molecule has 0 spiro atoms. The van der Waals surface area contributed by atoms with Gasteiger partial charge in [-0.25, -0.2) is 0 Å². The van der Waals surface area contributed by atoms with Gasteiger partial charge in [-0.2, -0.15) is 0 Å². The van der Waals surface area contributed by atoms with Gasteiger partial charge >= 0.3 is 0 Å². The normalized spacial score (nSPS) is 24.2. The van der Waals surface area contributed by atoms with Crippen molar-refractivity contribution in [2.45, 2.75) is 39.3 Å². The van der Waals surface area contributed by atoms with Gasteiger partial charge in [-0.1, -0.05) is 12.2 Å². The van der Waals surface area contributed by atoms with E-state index >= 15 is 0 Å². The Morgan fingerprint density at radius 2 is 1.83 bits per heavy atom. The second-order valence-corrected chi connectivity index (χ2v) is 6.58. The lowest BCUT2D eigenvalue weighted by Crippen LogP contribution is -2.48. The van der Waals surface area contributed by atoms with E-state index in [0.29, 0.717) is 25.1 Å². The lowest BCUT2D eigenvalue weighted by Gasteiger charge is -2.26. The summed E-state index contributed by atoms with van der Waals surface area (Å²) >= 11 is 0. The van der Waals surface area contributed by atoms with E-state index < -0.39 is 6.04 Å². The first kappa shape index (κ1) is 16.5. The summed E-state index contributed by atoms with van der Waals surface area (Å²) in [4.78, 5) is 40.4. The summed E-state index contributed by atoms with van der Waals surface area (Å²) < 4.78 is 5.48. The van der Waals surface area contributed by atoms with E-state index in [2.05, 4.69) is 0 Å². The number of imide groups is 1. The van der Waals surface area contributed by atoms with Gasteiger partial charge in [-0.15, -0.1) is 0 Å². The minimum Gasteiger partial charge on any atom is -0.464 e. The standard InChI is InChI=1S/C18H22N2O4/c1-11-8-9-13(24-11)10-19(3)16(21)12(2)20-17(22)14-6-4-5-7-15(14)18(20)23/h4-5,8-9,12,14-15H,6-7,10H2,1-3H3/t12-,14-,15+/m0/s1. The number of likely N-dealkylation sites (N-methyl/N-ethyl adjacent to an activating group) is 1. The average molecular weight is 330 g/mol. The zero-order valence-electron chi connectivity index (χ0n) is 14.2. The maximum atomic E-state index is 12.7. The Morgan fingerprint density at radius 1 is 1.25 bits per heavy atom. The molecule has 0 saturated carbocycles. The first-order valence-electron chi connectivity index (χ1n) is 8.22. The number of nitrogens with zero attached hydrogens (tertiary/aromatic N) is 2. The number of allylic oxidation sites excluding steroid dienone is 2. The topological polar surface area (TPSA) is 70.8 Å². The number of likely N-dealkylation sites (tertiary alicyclic amines) is 1. The van der Waals surface area contributed by atoms with Crippen LogP contribution in [-0.2, 0) is 20.9 Å². The number of aryl methyl sites for hydroxylation is 1. The molecule has 0 radical (unpaired) electrons. The number of hydrogen-bond donors (Lipinski definition) is 0. The summed E-state index contributed by atoms with van der Waals surface area (Å²) in [5.74, 6) is 0.117. The molecule has 24 heavy (non-hydrogen) atoms. The Labute approximate surface area is 141 Å². The molecule has 0 unspecified atom stereocenters. The van der Waals surface area contributed by atoms with E-state index in [0.717, 1.165) is 10.7 Å². The maximum Gasteiger partial charge on any atom is 0.245 e. The van der Waals surface area contributed by atoms with Crippen molar-refractivity contribution in [1.29, 1.82) is 0 Å². The molecule has 128 valence electrons. The molecule has 0 aromatic carbocycles. The number of hydrogen-bond acceptors (Lipinski definition) is 4. The van der Waals surface area contributed by atoms with E-state index in [1.807, 2.05) is 31.2 Å². The summed E-state index contributed by atoms with van der Waals surface area (Å²) in [5.41, 5.74) is 0. The third kappa shape index (κ3) is 2.77. The molecule has 1 aliphatic carbocycles. The van der Waals surface area contributed by atoms with Crippen LogP contribution in [0.2, 0.25) is 0 Å². The number of carbonyl (C=O) groups is 3. The molecule has 2 heterocycles. The van der Waals surface area contributed by atoms with Gasteiger partial charge in [-0.3, -0.25) is 19.3 Å². The van der Waals surface area contributed by atoms with Crippen LogP contribution in [-0.4, -0.2) is 40.6 Å². The first-order valence-corrected chi connectivity index (χ1v) is 8.22. The highest BCUT2D eigenvalue weighted by Gasteiger charge is 2.50. The number of rotatable bonds is 4. The Hall–Kier alpha value is -2.37. The summed E-state index contributed by atoms with van der Waals surface area (Å²) in [6.45, 7) is 3.76. The highest BCUT2D eigenvalue weighted by Crippen LogP contribution is 2.36. The highest BCUT2D eigenvalue weighted by molar-refractivity contribution is 6.08. The molecule has 3 amide bonds. The van der Waals surface area contributed by atoms with Gasteiger partial charge in [0.15, 0.2) is 0 Å². The van der Waals surface area contributed by atoms with Crippen LogP contribution in [0.25, 0.3) is 0 Å². The van der Waals surface area contributed by atoms with Crippen molar-refractivity contribution in [1.82, 2.24) is 9.80 Å². The van der Waals surface area contributed by atoms with Gasteiger partial charge in [0, 0.05) is 7.05 Å².